The third-order valence-corrected chi connectivity index (χ3v) is 2.23. The molecule has 0 radical (unpaired) electrons. The molecule has 0 N–H and O–H groups in total. The zero-order valence-electron chi connectivity index (χ0n) is 8.37. The van der Waals surface area contributed by atoms with Crippen LogP contribution in [-0.2, 0) is 6.54 Å². The van der Waals surface area contributed by atoms with E-state index in [1.165, 1.54) is 6.07 Å². The van der Waals surface area contributed by atoms with Gasteiger partial charge in [0.25, 0.3) is 0 Å². The van der Waals surface area contributed by atoms with Crippen molar-refractivity contribution >= 4 is 0 Å². The lowest BCUT2D eigenvalue weighted by Crippen LogP contribution is -2.27. The normalized spacial score (nSPS) is 12.5. The molecule has 0 bridgehead atoms. The summed E-state index contributed by atoms with van der Waals surface area (Å²) in [6, 6.07) is 8.53. The van der Waals surface area contributed by atoms with Gasteiger partial charge in [0.05, 0.1) is 12.1 Å². The molecule has 1 unspecified atom stereocenters. The first-order valence-electron chi connectivity index (χ1n) is 4.48. The van der Waals surface area contributed by atoms with Crippen LogP contribution in [0.2, 0.25) is 0 Å². The van der Waals surface area contributed by atoms with Crippen molar-refractivity contribution in [1.82, 2.24) is 4.90 Å². The van der Waals surface area contributed by atoms with Gasteiger partial charge in [-0.1, -0.05) is 18.2 Å². The summed E-state index contributed by atoms with van der Waals surface area (Å²) in [5, 5.41) is 8.67. The fourth-order valence-electron chi connectivity index (χ4n) is 1.13. The van der Waals surface area contributed by atoms with Gasteiger partial charge in [-0.15, -0.1) is 0 Å². The van der Waals surface area contributed by atoms with Crippen molar-refractivity contribution in [3.63, 3.8) is 0 Å². The standard InChI is InChI=1S/C11H13FN2/c1-9(7-13)14(2)8-10-5-3-4-6-11(10)12/h3-6,9H,8H2,1-2H3. The van der Waals surface area contributed by atoms with E-state index in [0.717, 1.165) is 0 Å². The fourth-order valence-corrected chi connectivity index (χ4v) is 1.13. The maximum Gasteiger partial charge on any atom is 0.127 e. The van der Waals surface area contributed by atoms with Crippen LogP contribution in [0.25, 0.3) is 0 Å². The van der Waals surface area contributed by atoms with E-state index in [-0.39, 0.29) is 11.9 Å². The van der Waals surface area contributed by atoms with Gasteiger partial charge in [-0.05, 0) is 20.0 Å². The van der Waals surface area contributed by atoms with E-state index in [0.29, 0.717) is 12.1 Å². The Morgan fingerprint density at radius 2 is 2.14 bits per heavy atom. The molecule has 0 spiro atoms. The Morgan fingerprint density at radius 3 is 2.71 bits per heavy atom. The summed E-state index contributed by atoms with van der Waals surface area (Å²) in [7, 11) is 1.81. The first kappa shape index (κ1) is 10.7. The summed E-state index contributed by atoms with van der Waals surface area (Å²) in [5.41, 5.74) is 0.622. The van der Waals surface area contributed by atoms with Crippen LogP contribution in [-0.4, -0.2) is 18.0 Å². The van der Waals surface area contributed by atoms with E-state index >= 15 is 0 Å². The Hall–Kier alpha value is -1.40. The van der Waals surface area contributed by atoms with Crippen molar-refractivity contribution in [2.24, 2.45) is 0 Å². The third kappa shape index (κ3) is 2.54. The van der Waals surface area contributed by atoms with Crippen LogP contribution in [0.4, 0.5) is 4.39 Å². The SMILES string of the molecule is CC(C#N)N(C)Cc1ccccc1F. The molecule has 1 aromatic rings. The minimum atomic E-state index is -0.218. The summed E-state index contributed by atoms with van der Waals surface area (Å²) in [4.78, 5) is 1.80. The second-order valence-electron chi connectivity index (χ2n) is 3.31. The molecule has 0 aliphatic carbocycles. The van der Waals surface area contributed by atoms with Crippen molar-refractivity contribution in [3.05, 3.63) is 35.6 Å². The lowest BCUT2D eigenvalue weighted by atomic mass is 10.2. The zero-order chi connectivity index (χ0) is 10.6. The molecule has 0 aliphatic heterocycles. The lowest BCUT2D eigenvalue weighted by molar-refractivity contribution is 0.290. The highest BCUT2D eigenvalue weighted by atomic mass is 19.1. The molecule has 0 fully saturated rings. The highest BCUT2D eigenvalue weighted by Crippen LogP contribution is 2.10. The van der Waals surface area contributed by atoms with E-state index in [1.807, 2.05) is 0 Å². The molecule has 0 saturated heterocycles. The van der Waals surface area contributed by atoms with Crippen molar-refractivity contribution in [2.45, 2.75) is 19.5 Å². The Labute approximate surface area is 83.6 Å². The molecule has 0 aromatic heterocycles. The van der Waals surface area contributed by atoms with E-state index in [2.05, 4.69) is 6.07 Å². The molecule has 2 nitrogen and oxygen atoms in total. The summed E-state index contributed by atoms with van der Waals surface area (Å²) in [6.45, 7) is 2.25. The van der Waals surface area contributed by atoms with Gasteiger partial charge < -0.3 is 0 Å². The minimum Gasteiger partial charge on any atom is -0.287 e. The minimum absolute atomic E-state index is 0.199. The second-order valence-corrected chi connectivity index (χ2v) is 3.31. The van der Waals surface area contributed by atoms with Crippen molar-refractivity contribution in [3.8, 4) is 6.07 Å². The van der Waals surface area contributed by atoms with Crippen LogP contribution >= 0.6 is 0 Å². The van der Waals surface area contributed by atoms with Gasteiger partial charge in [-0.25, -0.2) is 4.39 Å². The van der Waals surface area contributed by atoms with E-state index in [4.69, 9.17) is 5.26 Å². The Kier molecular flexibility index (Phi) is 3.61. The predicted molar refractivity (Wildman–Crippen MR) is 52.9 cm³/mol. The number of hydrogen-bond acceptors (Lipinski definition) is 2. The van der Waals surface area contributed by atoms with E-state index in [1.54, 1.807) is 37.1 Å². The largest absolute Gasteiger partial charge is 0.287 e. The number of hydrogen-bond donors (Lipinski definition) is 0. The number of rotatable bonds is 3. The van der Waals surface area contributed by atoms with E-state index < -0.39 is 0 Å². The lowest BCUT2D eigenvalue weighted by Gasteiger charge is -2.18. The maximum absolute atomic E-state index is 13.2. The number of nitrogens with zero attached hydrogens (tertiary/aromatic N) is 2. The summed E-state index contributed by atoms with van der Waals surface area (Å²) in [5.74, 6) is -0.218. The van der Waals surface area contributed by atoms with Gasteiger partial charge in [-0.3, -0.25) is 4.90 Å². The molecule has 74 valence electrons. The van der Waals surface area contributed by atoms with Gasteiger partial charge in [-0.2, -0.15) is 5.26 Å². The number of halogens is 1. The zero-order valence-corrected chi connectivity index (χ0v) is 8.37. The second kappa shape index (κ2) is 4.73. The topological polar surface area (TPSA) is 27.0 Å². The van der Waals surface area contributed by atoms with Crippen LogP contribution in [0.3, 0.4) is 0 Å². The van der Waals surface area contributed by atoms with Gasteiger partial charge >= 0.3 is 0 Å². The van der Waals surface area contributed by atoms with Gasteiger partial charge in [0.2, 0.25) is 0 Å². The predicted octanol–water partition coefficient (Wildman–Crippen LogP) is 2.17. The molecular formula is C11H13FN2. The third-order valence-electron chi connectivity index (χ3n) is 2.23. The summed E-state index contributed by atoms with van der Waals surface area (Å²) >= 11 is 0. The average molecular weight is 192 g/mol. The highest BCUT2D eigenvalue weighted by molar-refractivity contribution is 5.17. The molecular weight excluding hydrogens is 179 g/mol. The van der Waals surface area contributed by atoms with Crippen molar-refractivity contribution < 1.29 is 4.39 Å². The number of nitriles is 1. The van der Waals surface area contributed by atoms with Gasteiger partial charge in [0, 0.05) is 12.1 Å². The van der Waals surface area contributed by atoms with Crippen molar-refractivity contribution in [2.75, 3.05) is 7.05 Å². The number of benzene rings is 1. The molecule has 0 aliphatic rings. The van der Waals surface area contributed by atoms with Crippen LogP contribution in [0.5, 0.6) is 0 Å². The maximum atomic E-state index is 13.2. The smallest absolute Gasteiger partial charge is 0.127 e. The van der Waals surface area contributed by atoms with Crippen molar-refractivity contribution in [1.29, 1.82) is 5.26 Å². The van der Waals surface area contributed by atoms with E-state index in [9.17, 15) is 4.39 Å². The molecule has 0 saturated carbocycles. The monoisotopic (exact) mass is 192 g/mol. The molecule has 14 heavy (non-hydrogen) atoms. The average Bonchev–Trinajstić information content (AvgIpc) is 2.20. The molecule has 1 atom stereocenters. The molecule has 0 heterocycles. The molecule has 1 aromatic carbocycles. The molecule has 0 amide bonds. The fraction of sp³-hybridized carbons (Fsp3) is 0.364. The Bertz CT molecular complexity index is 343. The Morgan fingerprint density at radius 1 is 1.50 bits per heavy atom. The van der Waals surface area contributed by atoms with Gasteiger partial charge in [0.15, 0.2) is 0 Å². The highest BCUT2D eigenvalue weighted by Gasteiger charge is 2.09. The quantitative estimate of drug-likeness (QED) is 0.733. The molecule has 3 heteroatoms. The summed E-state index contributed by atoms with van der Waals surface area (Å²) in [6.07, 6.45) is 0. The van der Waals surface area contributed by atoms with Gasteiger partial charge in [0.1, 0.15) is 5.82 Å². The van der Waals surface area contributed by atoms with Crippen LogP contribution in [0.15, 0.2) is 24.3 Å². The van der Waals surface area contributed by atoms with Crippen LogP contribution < -0.4 is 0 Å². The first-order valence-corrected chi connectivity index (χ1v) is 4.48. The summed E-state index contributed by atoms with van der Waals surface area (Å²) < 4.78 is 13.2. The van der Waals surface area contributed by atoms with Crippen LogP contribution in [0, 0.1) is 17.1 Å². The molecule has 1 rings (SSSR count). The first-order chi connectivity index (χ1) is 6.65. The Balaban J connectivity index is 2.70. The van der Waals surface area contributed by atoms with Crippen LogP contribution in [0.1, 0.15) is 12.5 Å².